The number of aromatic nitrogens is 1. The van der Waals surface area contributed by atoms with Crippen LogP contribution in [0.2, 0.25) is 0 Å². The summed E-state index contributed by atoms with van der Waals surface area (Å²) in [5.74, 6) is -0.607. The maximum atomic E-state index is 12.6. The molecule has 1 aliphatic rings. The van der Waals surface area contributed by atoms with Gasteiger partial charge in [0.25, 0.3) is 11.8 Å². The van der Waals surface area contributed by atoms with Crippen molar-refractivity contribution in [2.45, 2.75) is 25.3 Å². The second-order valence-corrected chi connectivity index (χ2v) is 6.59. The molecule has 0 bridgehead atoms. The molecule has 7 nitrogen and oxygen atoms in total. The molecular weight excluding hydrogens is 332 g/mol. The van der Waals surface area contributed by atoms with E-state index in [-0.39, 0.29) is 17.4 Å². The Morgan fingerprint density at radius 2 is 2.27 bits per heavy atom. The molecule has 1 fully saturated rings. The van der Waals surface area contributed by atoms with Crippen LogP contribution >= 0.6 is 0 Å². The van der Waals surface area contributed by atoms with E-state index >= 15 is 0 Å². The summed E-state index contributed by atoms with van der Waals surface area (Å²) in [5.41, 5.74) is 0.913. The second kappa shape index (κ2) is 8.53. The van der Waals surface area contributed by atoms with E-state index in [9.17, 15) is 9.59 Å². The molecule has 138 valence electrons. The van der Waals surface area contributed by atoms with E-state index in [1.807, 2.05) is 12.1 Å². The van der Waals surface area contributed by atoms with Gasteiger partial charge < -0.3 is 24.9 Å². The normalized spacial score (nSPS) is 20.1. The molecule has 0 aliphatic carbocycles. The van der Waals surface area contributed by atoms with Crippen molar-refractivity contribution in [1.29, 1.82) is 0 Å². The minimum Gasteiger partial charge on any atom is -0.459 e. The molecule has 0 spiro atoms. The number of hydrogen-bond donors (Lipinski definition) is 4. The molecule has 4 N–H and O–H groups in total. The van der Waals surface area contributed by atoms with Crippen molar-refractivity contribution in [2.24, 2.45) is 0 Å². The van der Waals surface area contributed by atoms with Crippen LogP contribution in [0.1, 0.15) is 35.5 Å². The summed E-state index contributed by atoms with van der Waals surface area (Å²) >= 11 is 0. The molecule has 2 atom stereocenters. The molecule has 3 heterocycles. The Labute approximate surface area is 152 Å². The first-order valence-corrected chi connectivity index (χ1v) is 8.94. The largest absolute Gasteiger partial charge is 0.459 e. The van der Waals surface area contributed by atoms with Gasteiger partial charge in [0.1, 0.15) is 5.70 Å². The third-order valence-corrected chi connectivity index (χ3v) is 4.76. The summed E-state index contributed by atoms with van der Waals surface area (Å²) in [6.45, 7) is 1.77. The van der Waals surface area contributed by atoms with Gasteiger partial charge in [-0.2, -0.15) is 0 Å². The first-order valence-electron chi connectivity index (χ1n) is 8.94. The minimum atomic E-state index is -0.456. The molecular formula is C19H25N4O3+. The topological polar surface area (TPSA) is 91.6 Å². The van der Waals surface area contributed by atoms with Crippen LogP contribution in [0, 0.1) is 0 Å². The molecule has 0 saturated carbocycles. The number of carbonyl (C=O) groups is 2. The quantitative estimate of drug-likeness (QED) is 0.546. The molecule has 26 heavy (non-hydrogen) atoms. The molecule has 0 radical (unpaired) electrons. The van der Waals surface area contributed by atoms with E-state index in [0.29, 0.717) is 12.6 Å². The zero-order chi connectivity index (χ0) is 18.4. The lowest BCUT2D eigenvalue weighted by Crippen LogP contribution is -3.10. The lowest BCUT2D eigenvalue weighted by atomic mass is 10.1. The molecule has 2 aromatic rings. The maximum Gasteiger partial charge on any atom is 0.291 e. The van der Waals surface area contributed by atoms with Gasteiger partial charge in [-0.1, -0.05) is 0 Å². The van der Waals surface area contributed by atoms with Gasteiger partial charge >= 0.3 is 0 Å². The number of likely N-dealkylation sites (tertiary alicyclic amines) is 1. The monoisotopic (exact) mass is 357 g/mol. The zero-order valence-electron chi connectivity index (χ0n) is 14.9. The predicted molar refractivity (Wildman–Crippen MR) is 97.3 cm³/mol. The number of quaternary nitrogens is 1. The van der Waals surface area contributed by atoms with E-state index in [1.165, 1.54) is 30.5 Å². The number of H-pyrrole nitrogens is 1. The first-order chi connectivity index (χ1) is 12.6. The Balaban J connectivity index is 1.62. The van der Waals surface area contributed by atoms with Gasteiger partial charge in [-0.05, 0) is 30.3 Å². The van der Waals surface area contributed by atoms with Gasteiger partial charge in [-0.15, -0.1) is 0 Å². The van der Waals surface area contributed by atoms with E-state index < -0.39 is 5.91 Å². The standard InChI is InChI=1S/C19H24N4O3/c1-23-11-3-6-15(23)8-10-21-18(24)16(13-14-5-2-9-20-14)22-19(25)17-7-4-12-26-17/h2,4-5,7,9,12-13,15,20H,3,6,8,10-11H2,1H3,(H,21,24)(H,22,25)/p+1/b16-13-/t15-/m1/s1. The molecule has 3 rings (SSSR count). The van der Waals surface area contributed by atoms with Crippen LogP contribution in [0.3, 0.4) is 0 Å². The van der Waals surface area contributed by atoms with E-state index in [1.54, 1.807) is 24.4 Å². The minimum absolute atomic E-state index is 0.159. The Bertz CT molecular complexity index is 750. The van der Waals surface area contributed by atoms with Crippen molar-refractivity contribution in [3.63, 3.8) is 0 Å². The fourth-order valence-corrected chi connectivity index (χ4v) is 3.26. The van der Waals surface area contributed by atoms with Crippen LogP contribution in [0.5, 0.6) is 0 Å². The molecule has 1 saturated heterocycles. The number of hydrogen-bond acceptors (Lipinski definition) is 3. The summed E-state index contributed by atoms with van der Waals surface area (Å²) in [7, 11) is 2.19. The Morgan fingerprint density at radius 3 is 2.92 bits per heavy atom. The molecule has 2 aromatic heterocycles. The van der Waals surface area contributed by atoms with E-state index in [2.05, 4.69) is 22.7 Å². The number of furan rings is 1. The predicted octanol–water partition coefficient (Wildman–Crippen LogP) is 0.562. The highest BCUT2D eigenvalue weighted by molar-refractivity contribution is 6.04. The van der Waals surface area contributed by atoms with Crippen molar-refractivity contribution in [3.05, 3.63) is 53.9 Å². The Hall–Kier alpha value is -2.80. The molecule has 0 aromatic carbocycles. The summed E-state index contributed by atoms with van der Waals surface area (Å²) < 4.78 is 5.09. The third-order valence-electron chi connectivity index (χ3n) is 4.76. The number of nitrogens with one attached hydrogen (secondary N) is 4. The highest BCUT2D eigenvalue weighted by Gasteiger charge is 2.24. The van der Waals surface area contributed by atoms with Crippen LogP contribution in [0.25, 0.3) is 6.08 Å². The first kappa shape index (κ1) is 18.0. The van der Waals surface area contributed by atoms with E-state index in [4.69, 9.17) is 4.42 Å². The number of carbonyl (C=O) groups excluding carboxylic acids is 2. The van der Waals surface area contributed by atoms with Gasteiger partial charge in [0.15, 0.2) is 5.76 Å². The van der Waals surface area contributed by atoms with E-state index in [0.717, 1.165) is 12.1 Å². The maximum absolute atomic E-state index is 12.6. The average Bonchev–Trinajstić information content (AvgIpc) is 3.37. The van der Waals surface area contributed by atoms with Gasteiger partial charge in [-0.3, -0.25) is 9.59 Å². The lowest BCUT2D eigenvalue weighted by Gasteiger charge is -2.17. The SMILES string of the molecule is C[NH+]1CCC[C@@H]1CCNC(=O)/C(=C/c1ccc[nH]1)NC(=O)c1ccco1. The fraction of sp³-hybridized carbons (Fsp3) is 0.368. The molecule has 7 heteroatoms. The van der Waals surface area contributed by atoms with Crippen molar-refractivity contribution in [1.82, 2.24) is 15.6 Å². The van der Waals surface area contributed by atoms with Crippen molar-refractivity contribution < 1.29 is 18.9 Å². The summed E-state index contributed by atoms with van der Waals surface area (Å²) in [4.78, 5) is 29.3. The van der Waals surface area contributed by atoms with Crippen molar-refractivity contribution in [3.8, 4) is 0 Å². The van der Waals surface area contributed by atoms with Crippen LogP contribution in [0.15, 0.2) is 46.8 Å². The Kier molecular flexibility index (Phi) is 5.91. The third kappa shape index (κ3) is 4.64. The average molecular weight is 357 g/mol. The fourth-order valence-electron chi connectivity index (χ4n) is 3.26. The summed E-state index contributed by atoms with van der Waals surface area (Å²) in [5, 5.41) is 5.55. The van der Waals surface area contributed by atoms with Gasteiger partial charge in [0.2, 0.25) is 0 Å². The summed E-state index contributed by atoms with van der Waals surface area (Å²) in [6, 6.07) is 7.42. The zero-order valence-corrected chi connectivity index (χ0v) is 14.9. The van der Waals surface area contributed by atoms with Crippen molar-refractivity contribution in [2.75, 3.05) is 20.1 Å². The van der Waals surface area contributed by atoms with Crippen LogP contribution in [-0.2, 0) is 4.79 Å². The molecule has 1 unspecified atom stereocenters. The summed E-state index contributed by atoms with van der Waals surface area (Å²) in [6.07, 6.45) is 8.16. The van der Waals surface area contributed by atoms with Crippen LogP contribution in [-0.4, -0.2) is 43.0 Å². The second-order valence-electron chi connectivity index (χ2n) is 6.59. The van der Waals surface area contributed by atoms with Gasteiger partial charge in [0.05, 0.1) is 25.9 Å². The highest BCUT2D eigenvalue weighted by Crippen LogP contribution is 2.07. The smallest absolute Gasteiger partial charge is 0.291 e. The number of amides is 2. The lowest BCUT2D eigenvalue weighted by molar-refractivity contribution is -0.892. The number of aromatic amines is 1. The van der Waals surface area contributed by atoms with Crippen molar-refractivity contribution >= 4 is 17.9 Å². The highest BCUT2D eigenvalue weighted by atomic mass is 16.3. The van der Waals surface area contributed by atoms with Gasteiger partial charge in [-0.25, -0.2) is 0 Å². The van der Waals surface area contributed by atoms with Gasteiger partial charge in [0, 0.05) is 37.7 Å². The molecule has 2 amide bonds. The number of rotatable bonds is 7. The molecule has 1 aliphatic heterocycles. The van der Waals surface area contributed by atoms with Crippen LogP contribution < -0.4 is 15.5 Å². The van der Waals surface area contributed by atoms with Crippen LogP contribution in [0.4, 0.5) is 0 Å². The Morgan fingerprint density at radius 1 is 1.38 bits per heavy atom.